The van der Waals surface area contributed by atoms with E-state index >= 15 is 0 Å². The van der Waals surface area contributed by atoms with Crippen LogP contribution >= 0.6 is 0 Å². The second-order valence-corrected chi connectivity index (χ2v) is 6.14. The lowest BCUT2D eigenvalue weighted by molar-refractivity contribution is -0.127. The maximum Gasteiger partial charge on any atom is 0.224 e. The Kier molecular flexibility index (Phi) is 5.02. The predicted molar refractivity (Wildman–Crippen MR) is 87.3 cm³/mol. The van der Waals surface area contributed by atoms with Crippen LogP contribution in [0.1, 0.15) is 24.2 Å². The maximum atomic E-state index is 12.4. The molecule has 23 heavy (non-hydrogen) atoms. The molecule has 0 saturated carbocycles. The molecule has 6 nitrogen and oxygen atoms in total. The Morgan fingerprint density at radius 2 is 2.17 bits per heavy atom. The topological polar surface area (TPSA) is 63.1 Å². The molecule has 1 N–H and O–H groups in total. The van der Waals surface area contributed by atoms with Crippen LogP contribution in [-0.4, -0.2) is 38.7 Å². The fraction of sp³-hybridized carbons (Fsp3) is 0.471. The molecule has 6 heteroatoms. The van der Waals surface area contributed by atoms with Crippen LogP contribution in [0.5, 0.6) is 0 Å². The number of benzene rings is 1. The average Bonchev–Trinajstić information content (AvgIpc) is 2.99. The van der Waals surface area contributed by atoms with E-state index in [-0.39, 0.29) is 11.8 Å². The zero-order valence-corrected chi connectivity index (χ0v) is 13.5. The Morgan fingerprint density at radius 3 is 2.91 bits per heavy atom. The molecule has 3 rings (SSSR count). The third-order valence-electron chi connectivity index (χ3n) is 4.35. The quantitative estimate of drug-likeness (QED) is 0.905. The minimum Gasteiger partial charge on any atom is -0.349 e. The van der Waals surface area contributed by atoms with Gasteiger partial charge in [-0.1, -0.05) is 30.3 Å². The minimum absolute atomic E-state index is 0.0562. The second kappa shape index (κ2) is 7.37. The number of piperidine rings is 1. The first-order valence-electron chi connectivity index (χ1n) is 8.09. The molecule has 122 valence electrons. The molecule has 1 unspecified atom stereocenters. The zero-order chi connectivity index (χ0) is 16.1. The molecule has 1 saturated heterocycles. The van der Waals surface area contributed by atoms with Crippen LogP contribution in [0.3, 0.4) is 0 Å². The SMILES string of the molecule is Cn1cnnc1CNC(=O)C1CCCN(Cc2ccccc2)C1. The first kappa shape index (κ1) is 15.7. The summed E-state index contributed by atoms with van der Waals surface area (Å²) in [6.45, 7) is 3.22. The standard InChI is InChI=1S/C17H23N5O/c1-21-13-19-20-16(21)10-18-17(23)15-8-5-9-22(12-15)11-14-6-3-2-4-7-14/h2-4,6-7,13,15H,5,8-12H2,1H3,(H,18,23). The molecule has 1 aromatic heterocycles. The summed E-state index contributed by atoms with van der Waals surface area (Å²) in [5, 5.41) is 10.8. The number of amides is 1. The van der Waals surface area contributed by atoms with Gasteiger partial charge in [0.05, 0.1) is 12.5 Å². The van der Waals surface area contributed by atoms with Crippen molar-refractivity contribution in [1.29, 1.82) is 0 Å². The highest BCUT2D eigenvalue weighted by Crippen LogP contribution is 2.18. The molecule has 1 fully saturated rings. The van der Waals surface area contributed by atoms with Gasteiger partial charge in [-0.15, -0.1) is 10.2 Å². The fourth-order valence-corrected chi connectivity index (χ4v) is 3.03. The van der Waals surface area contributed by atoms with Crippen LogP contribution in [0.25, 0.3) is 0 Å². The van der Waals surface area contributed by atoms with Crippen LogP contribution in [0.2, 0.25) is 0 Å². The average molecular weight is 313 g/mol. The van der Waals surface area contributed by atoms with Crippen LogP contribution in [0.4, 0.5) is 0 Å². The smallest absolute Gasteiger partial charge is 0.224 e. The van der Waals surface area contributed by atoms with Crippen molar-refractivity contribution in [3.05, 3.63) is 48.0 Å². The van der Waals surface area contributed by atoms with Gasteiger partial charge >= 0.3 is 0 Å². The highest BCUT2D eigenvalue weighted by molar-refractivity contribution is 5.78. The molecule has 1 aliphatic heterocycles. The van der Waals surface area contributed by atoms with E-state index in [1.54, 1.807) is 6.33 Å². The van der Waals surface area contributed by atoms with E-state index in [1.165, 1.54) is 5.56 Å². The number of likely N-dealkylation sites (tertiary alicyclic amines) is 1. The molecule has 0 spiro atoms. The summed E-state index contributed by atoms with van der Waals surface area (Å²) < 4.78 is 1.82. The highest BCUT2D eigenvalue weighted by atomic mass is 16.1. The second-order valence-electron chi connectivity index (χ2n) is 6.14. The molecule has 1 atom stereocenters. The Balaban J connectivity index is 1.51. The number of aromatic nitrogens is 3. The molecule has 1 aliphatic rings. The van der Waals surface area contributed by atoms with E-state index in [1.807, 2.05) is 17.7 Å². The Morgan fingerprint density at radius 1 is 1.35 bits per heavy atom. The molecule has 1 aromatic carbocycles. The Hall–Kier alpha value is -2.21. The van der Waals surface area contributed by atoms with Crippen LogP contribution in [0.15, 0.2) is 36.7 Å². The van der Waals surface area contributed by atoms with Crippen LogP contribution < -0.4 is 5.32 Å². The number of aryl methyl sites for hydroxylation is 1. The minimum atomic E-state index is 0.0562. The summed E-state index contributed by atoms with van der Waals surface area (Å²) in [4.78, 5) is 14.8. The summed E-state index contributed by atoms with van der Waals surface area (Å²) >= 11 is 0. The number of hydrogen-bond donors (Lipinski definition) is 1. The molecule has 1 amide bonds. The third-order valence-corrected chi connectivity index (χ3v) is 4.35. The Bertz CT molecular complexity index is 639. The lowest BCUT2D eigenvalue weighted by Crippen LogP contribution is -2.42. The predicted octanol–water partition coefficient (Wildman–Crippen LogP) is 1.34. The van der Waals surface area contributed by atoms with Crippen molar-refractivity contribution in [1.82, 2.24) is 25.0 Å². The van der Waals surface area contributed by atoms with Gasteiger partial charge in [-0.25, -0.2) is 0 Å². The van der Waals surface area contributed by atoms with Gasteiger partial charge in [-0.2, -0.15) is 0 Å². The van der Waals surface area contributed by atoms with E-state index in [9.17, 15) is 4.79 Å². The molecule has 0 radical (unpaired) electrons. The lowest BCUT2D eigenvalue weighted by atomic mass is 9.96. The first-order chi connectivity index (χ1) is 11.2. The van der Waals surface area contributed by atoms with E-state index in [0.29, 0.717) is 6.54 Å². The van der Waals surface area contributed by atoms with Gasteiger partial charge in [0.2, 0.25) is 5.91 Å². The monoisotopic (exact) mass is 313 g/mol. The molecule has 0 bridgehead atoms. The van der Waals surface area contributed by atoms with Crippen molar-refractivity contribution in [2.45, 2.75) is 25.9 Å². The van der Waals surface area contributed by atoms with Crippen molar-refractivity contribution in [3.63, 3.8) is 0 Å². The summed E-state index contributed by atoms with van der Waals surface area (Å²) in [5.41, 5.74) is 1.30. The third kappa shape index (κ3) is 4.16. The van der Waals surface area contributed by atoms with Crippen molar-refractivity contribution >= 4 is 5.91 Å². The van der Waals surface area contributed by atoms with Crippen molar-refractivity contribution < 1.29 is 4.79 Å². The maximum absolute atomic E-state index is 12.4. The number of rotatable bonds is 5. The number of carbonyl (C=O) groups is 1. The van der Waals surface area contributed by atoms with E-state index in [2.05, 4.69) is 44.7 Å². The normalized spacial score (nSPS) is 18.7. The molecular formula is C17H23N5O. The van der Waals surface area contributed by atoms with Crippen molar-refractivity contribution in [2.75, 3.05) is 13.1 Å². The number of hydrogen-bond acceptors (Lipinski definition) is 4. The van der Waals surface area contributed by atoms with E-state index in [0.717, 1.165) is 38.3 Å². The fourth-order valence-electron chi connectivity index (χ4n) is 3.03. The molecular weight excluding hydrogens is 290 g/mol. The van der Waals surface area contributed by atoms with Crippen LogP contribution in [0, 0.1) is 5.92 Å². The summed E-state index contributed by atoms with van der Waals surface area (Å²) in [6.07, 6.45) is 3.66. The summed E-state index contributed by atoms with van der Waals surface area (Å²) in [7, 11) is 1.88. The largest absolute Gasteiger partial charge is 0.349 e. The summed E-state index contributed by atoms with van der Waals surface area (Å²) in [6, 6.07) is 10.4. The summed E-state index contributed by atoms with van der Waals surface area (Å²) in [5.74, 6) is 0.946. The van der Waals surface area contributed by atoms with Gasteiger partial charge in [0.15, 0.2) is 5.82 Å². The van der Waals surface area contributed by atoms with Gasteiger partial charge in [0.25, 0.3) is 0 Å². The van der Waals surface area contributed by atoms with Crippen LogP contribution in [-0.2, 0) is 24.9 Å². The Labute approximate surface area is 136 Å². The van der Waals surface area contributed by atoms with Gasteiger partial charge in [0.1, 0.15) is 6.33 Å². The number of nitrogens with one attached hydrogen (secondary N) is 1. The number of carbonyl (C=O) groups excluding carboxylic acids is 1. The van der Waals surface area contributed by atoms with Gasteiger partial charge in [-0.05, 0) is 24.9 Å². The van der Waals surface area contributed by atoms with Gasteiger partial charge in [0, 0.05) is 20.1 Å². The lowest BCUT2D eigenvalue weighted by Gasteiger charge is -2.32. The zero-order valence-electron chi connectivity index (χ0n) is 13.5. The first-order valence-corrected chi connectivity index (χ1v) is 8.09. The van der Waals surface area contributed by atoms with Crippen molar-refractivity contribution in [3.8, 4) is 0 Å². The van der Waals surface area contributed by atoms with Crippen molar-refractivity contribution in [2.24, 2.45) is 13.0 Å². The van der Waals surface area contributed by atoms with Gasteiger partial charge < -0.3 is 9.88 Å². The van der Waals surface area contributed by atoms with Gasteiger partial charge in [-0.3, -0.25) is 9.69 Å². The highest BCUT2D eigenvalue weighted by Gasteiger charge is 2.25. The molecule has 2 aromatic rings. The van der Waals surface area contributed by atoms with E-state index < -0.39 is 0 Å². The van der Waals surface area contributed by atoms with E-state index in [4.69, 9.17) is 0 Å². The molecule has 2 heterocycles. The number of nitrogens with zero attached hydrogens (tertiary/aromatic N) is 4. The molecule has 0 aliphatic carbocycles.